The Bertz CT molecular complexity index is 640. The molecule has 2 aromatic carbocycles. The fraction of sp³-hybridized carbons (Fsp3) is 0.304. The second-order valence-corrected chi connectivity index (χ2v) is 6.56. The van der Waals surface area contributed by atoms with E-state index in [2.05, 4.69) is 19.1 Å². The van der Waals surface area contributed by atoms with Gasteiger partial charge in [0.25, 0.3) is 0 Å². The van der Waals surface area contributed by atoms with Crippen molar-refractivity contribution in [2.24, 2.45) is 0 Å². The molecular weight excluding hydrogens is 347 g/mol. The Morgan fingerprint density at radius 3 is 1.76 bits per heavy atom. The molecule has 136 valence electrons. The summed E-state index contributed by atoms with van der Waals surface area (Å²) in [6.07, 6.45) is 8.00. The largest absolute Gasteiger partial charge is 0.109 e. The molecule has 1 atom stereocenters. The molecule has 0 N–H and O–H groups in total. The maximum absolute atomic E-state index is 6.66. The number of rotatable bonds is 3. The predicted octanol–water partition coefficient (Wildman–Crippen LogP) is 8.32. The lowest BCUT2D eigenvalue weighted by molar-refractivity contribution is 0.822. The van der Waals surface area contributed by atoms with Gasteiger partial charge in [0, 0.05) is 5.02 Å². The normalized spacial score (nSPS) is 12.8. The Morgan fingerprint density at radius 2 is 1.32 bits per heavy atom. The molecule has 2 heteroatoms. The maximum atomic E-state index is 6.66. The molecule has 0 radical (unpaired) electrons. The maximum Gasteiger partial charge on any atom is 0.0930 e. The predicted molar refractivity (Wildman–Crippen MR) is 116 cm³/mol. The summed E-state index contributed by atoms with van der Waals surface area (Å²) in [4.78, 5) is -0.591. The second kappa shape index (κ2) is 12.8. The number of benzene rings is 2. The first-order chi connectivity index (χ1) is 11.9. The molecule has 2 rings (SSSR count). The highest BCUT2D eigenvalue weighted by molar-refractivity contribution is 6.34. The van der Waals surface area contributed by atoms with Crippen molar-refractivity contribution >= 4 is 23.2 Å². The first kappa shape index (κ1) is 23.5. The average molecular weight is 377 g/mol. The molecule has 0 amide bonds. The lowest BCUT2D eigenvalue weighted by Crippen LogP contribution is -2.16. The molecule has 0 nitrogen and oxygen atoms in total. The van der Waals surface area contributed by atoms with Gasteiger partial charge >= 0.3 is 0 Å². The number of allylic oxidation sites excluding steroid dienone is 4. The first-order valence-electron chi connectivity index (χ1n) is 8.68. The fourth-order valence-corrected chi connectivity index (χ4v) is 2.75. The fourth-order valence-electron chi connectivity index (χ4n) is 2.09. The van der Waals surface area contributed by atoms with Crippen molar-refractivity contribution in [1.29, 1.82) is 0 Å². The lowest BCUT2D eigenvalue weighted by Gasteiger charge is -2.24. The van der Waals surface area contributed by atoms with E-state index < -0.39 is 4.87 Å². The Hall–Kier alpha value is -1.50. The SMILES string of the molecule is C/C=C\C=C/C.CC.Cc1ccc(C(C)(Cl)c2ccccc2Cl)cc1. The molecule has 0 heterocycles. The topological polar surface area (TPSA) is 0 Å². The van der Waals surface area contributed by atoms with Crippen LogP contribution in [0, 0.1) is 6.92 Å². The Balaban J connectivity index is 0.000000614. The zero-order valence-corrected chi connectivity index (χ0v) is 17.7. The number of halogens is 2. The van der Waals surface area contributed by atoms with Gasteiger partial charge < -0.3 is 0 Å². The van der Waals surface area contributed by atoms with Crippen LogP contribution in [0.25, 0.3) is 0 Å². The highest BCUT2D eigenvalue weighted by Crippen LogP contribution is 2.39. The van der Waals surface area contributed by atoms with Gasteiger partial charge in [0.15, 0.2) is 0 Å². The minimum Gasteiger partial charge on any atom is -0.109 e. The van der Waals surface area contributed by atoms with Gasteiger partial charge in [0.1, 0.15) is 0 Å². The standard InChI is InChI=1S/C15H14Cl2.C6H10.C2H6/c1-11-7-9-12(10-8-11)15(2,17)13-5-3-4-6-14(13)16;1-3-5-6-4-2;1-2/h3-10H,1-2H3;3-6H,1-2H3;1-2H3/b;5-3-,6-4-;. The highest BCUT2D eigenvalue weighted by Gasteiger charge is 2.27. The van der Waals surface area contributed by atoms with E-state index in [0.29, 0.717) is 5.02 Å². The molecule has 0 aliphatic carbocycles. The van der Waals surface area contributed by atoms with Crippen LogP contribution in [0.4, 0.5) is 0 Å². The van der Waals surface area contributed by atoms with Crippen LogP contribution in [0.15, 0.2) is 72.8 Å². The summed E-state index contributed by atoms with van der Waals surface area (Å²) in [5, 5.41) is 0.700. The summed E-state index contributed by atoms with van der Waals surface area (Å²) >= 11 is 12.9. The van der Waals surface area contributed by atoms with E-state index in [-0.39, 0.29) is 0 Å². The minimum atomic E-state index is -0.591. The van der Waals surface area contributed by atoms with E-state index in [0.717, 1.165) is 11.1 Å². The van der Waals surface area contributed by atoms with E-state index in [1.807, 2.05) is 95.3 Å². The van der Waals surface area contributed by atoms with Crippen molar-refractivity contribution in [3.05, 3.63) is 94.5 Å². The summed E-state index contributed by atoms with van der Waals surface area (Å²) in [5.74, 6) is 0. The van der Waals surface area contributed by atoms with Crippen molar-refractivity contribution in [2.45, 2.75) is 46.4 Å². The molecule has 0 spiro atoms. The molecule has 0 aliphatic heterocycles. The van der Waals surface area contributed by atoms with Crippen LogP contribution in [0.5, 0.6) is 0 Å². The van der Waals surface area contributed by atoms with Gasteiger partial charge in [0.2, 0.25) is 0 Å². The monoisotopic (exact) mass is 376 g/mol. The third-order valence-electron chi connectivity index (χ3n) is 3.47. The average Bonchev–Trinajstić information content (AvgIpc) is 2.63. The number of hydrogen-bond acceptors (Lipinski definition) is 0. The van der Waals surface area contributed by atoms with Gasteiger partial charge in [-0.25, -0.2) is 0 Å². The molecule has 0 aromatic heterocycles. The van der Waals surface area contributed by atoms with Gasteiger partial charge in [-0.2, -0.15) is 0 Å². The summed E-state index contributed by atoms with van der Waals surface area (Å²) in [5.41, 5.74) is 3.21. The summed E-state index contributed by atoms with van der Waals surface area (Å²) in [7, 11) is 0. The van der Waals surface area contributed by atoms with Gasteiger partial charge in [-0.1, -0.05) is 97.8 Å². The number of alkyl halides is 1. The summed E-state index contributed by atoms with van der Waals surface area (Å²) in [6, 6.07) is 15.9. The third kappa shape index (κ3) is 7.94. The number of hydrogen-bond donors (Lipinski definition) is 0. The van der Waals surface area contributed by atoms with Gasteiger partial charge in [-0.05, 0) is 44.9 Å². The quantitative estimate of drug-likeness (QED) is 0.373. The van der Waals surface area contributed by atoms with Crippen LogP contribution in [0.1, 0.15) is 51.3 Å². The van der Waals surface area contributed by atoms with Crippen molar-refractivity contribution in [1.82, 2.24) is 0 Å². The minimum absolute atomic E-state index is 0.591. The third-order valence-corrected chi connectivity index (χ3v) is 4.22. The zero-order chi connectivity index (χ0) is 19.3. The lowest BCUT2D eigenvalue weighted by atomic mass is 9.91. The van der Waals surface area contributed by atoms with Crippen molar-refractivity contribution < 1.29 is 0 Å². The van der Waals surface area contributed by atoms with Crippen LogP contribution in [0.2, 0.25) is 5.02 Å². The second-order valence-electron chi connectivity index (χ2n) is 5.40. The smallest absolute Gasteiger partial charge is 0.0930 e. The van der Waals surface area contributed by atoms with Crippen molar-refractivity contribution in [3.63, 3.8) is 0 Å². The highest BCUT2D eigenvalue weighted by atomic mass is 35.5. The molecule has 0 bridgehead atoms. The molecule has 0 aliphatic rings. The summed E-state index contributed by atoms with van der Waals surface area (Å²) < 4.78 is 0. The van der Waals surface area contributed by atoms with Crippen LogP contribution < -0.4 is 0 Å². The first-order valence-corrected chi connectivity index (χ1v) is 9.44. The Kier molecular flexibility index (Phi) is 12.0. The molecule has 2 aromatic rings. The molecule has 0 saturated heterocycles. The Morgan fingerprint density at radius 1 is 0.840 bits per heavy atom. The van der Waals surface area contributed by atoms with Gasteiger partial charge in [-0.3, -0.25) is 0 Å². The zero-order valence-electron chi connectivity index (χ0n) is 16.2. The Labute approximate surface area is 164 Å². The number of aryl methyl sites for hydroxylation is 1. The molecular formula is C23H30Cl2. The van der Waals surface area contributed by atoms with Gasteiger partial charge in [-0.15, -0.1) is 11.6 Å². The van der Waals surface area contributed by atoms with Crippen LogP contribution in [-0.4, -0.2) is 0 Å². The van der Waals surface area contributed by atoms with E-state index in [9.17, 15) is 0 Å². The van der Waals surface area contributed by atoms with E-state index >= 15 is 0 Å². The molecule has 0 saturated carbocycles. The van der Waals surface area contributed by atoms with Crippen LogP contribution >= 0.6 is 23.2 Å². The van der Waals surface area contributed by atoms with Gasteiger partial charge in [0.05, 0.1) is 4.87 Å². The molecule has 25 heavy (non-hydrogen) atoms. The van der Waals surface area contributed by atoms with Crippen molar-refractivity contribution in [3.8, 4) is 0 Å². The molecule has 0 fully saturated rings. The molecule has 1 unspecified atom stereocenters. The van der Waals surface area contributed by atoms with E-state index in [4.69, 9.17) is 23.2 Å². The summed E-state index contributed by atoms with van der Waals surface area (Å²) in [6.45, 7) is 12.0. The van der Waals surface area contributed by atoms with E-state index in [1.54, 1.807) is 0 Å². The van der Waals surface area contributed by atoms with Crippen LogP contribution in [0.3, 0.4) is 0 Å². The van der Waals surface area contributed by atoms with E-state index in [1.165, 1.54) is 5.56 Å². The van der Waals surface area contributed by atoms with Crippen LogP contribution in [-0.2, 0) is 4.87 Å². The van der Waals surface area contributed by atoms with Crippen molar-refractivity contribution in [2.75, 3.05) is 0 Å².